The summed E-state index contributed by atoms with van der Waals surface area (Å²) in [5, 5.41) is 0. The molecule has 0 amide bonds. The van der Waals surface area contributed by atoms with Crippen LogP contribution >= 0.6 is 0 Å². The van der Waals surface area contributed by atoms with Crippen LogP contribution in [0.25, 0.3) is 0 Å². The third-order valence-corrected chi connectivity index (χ3v) is 7.30. The minimum atomic E-state index is -0.908. The first-order chi connectivity index (χ1) is 12.0. The lowest BCUT2D eigenvalue weighted by atomic mass is 9.70. The lowest BCUT2D eigenvalue weighted by Crippen LogP contribution is -2.31. The molecule has 0 radical (unpaired) electrons. The highest BCUT2D eigenvalue weighted by molar-refractivity contribution is 5.42. The number of allylic oxidation sites excluding steroid dienone is 4. The van der Waals surface area contributed by atoms with Gasteiger partial charge in [-0.25, -0.2) is 4.39 Å². The van der Waals surface area contributed by atoms with E-state index in [9.17, 15) is 4.39 Å². The molecule has 0 N–H and O–H groups in total. The van der Waals surface area contributed by atoms with Gasteiger partial charge in [-0.2, -0.15) is 0 Å². The van der Waals surface area contributed by atoms with Crippen molar-refractivity contribution in [3.63, 3.8) is 0 Å². The standard InChI is InChI=1S/C23H34FN/c1-17-21-6-4-3-5-19(21)7-8-22(17)20-11-14-25(16-20)15-18-9-12-23(2,24)13-10-18/h7-8,16-18,21H,3-6,9-15H2,1-2H3. The van der Waals surface area contributed by atoms with E-state index in [1.807, 2.05) is 0 Å². The normalized spacial score (nSPS) is 38.8. The van der Waals surface area contributed by atoms with Gasteiger partial charge in [-0.1, -0.05) is 31.1 Å². The Hall–Kier alpha value is -1.05. The summed E-state index contributed by atoms with van der Waals surface area (Å²) in [4.78, 5) is 2.52. The van der Waals surface area contributed by atoms with Crippen molar-refractivity contribution >= 4 is 0 Å². The third kappa shape index (κ3) is 3.73. The number of halogens is 1. The second-order valence-corrected chi connectivity index (χ2v) is 9.26. The minimum Gasteiger partial charge on any atom is -0.377 e. The smallest absolute Gasteiger partial charge is 0.108 e. The Bertz CT molecular complexity index is 587. The third-order valence-electron chi connectivity index (χ3n) is 7.30. The average Bonchev–Trinajstić information content (AvgIpc) is 3.06. The van der Waals surface area contributed by atoms with E-state index in [2.05, 4.69) is 30.2 Å². The quantitative estimate of drug-likeness (QED) is 0.591. The zero-order chi connectivity index (χ0) is 17.4. The van der Waals surface area contributed by atoms with Crippen molar-refractivity contribution in [2.45, 2.75) is 77.3 Å². The molecule has 2 unspecified atom stereocenters. The van der Waals surface area contributed by atoms with Crippen molar-refractivity contribution in [2.75, 3.05) is 13.1 Å². The van der Waals surface area contributed by atoms with Crippen LogP contribution in [0.3, 0.4) is 0 Å². The van der Waals surface area contributed by atoms with Gasteiger partial charge in [-0.05, 0) is 87.2 Å². The summed E-state index contributed by atoms with van der Waals surface area (Å²) >= 11 is 0. The van der Waals surface area contributed by atoms with Crippen LogP contribution in [-0.2, 0) is 0 Å². The van der Waals surface area contributed by atoms with Crippen LogP contribution in [0.1, 0.15) is 71.6 Å². The lowest BCUT2D eigenvalue weighted by Gasteiger charge is -2.35. The average molecular weight is 344 g/mol. The molecule has 1 nitrogen and oxygen atoms in total. The maximum absolute atomic E-state index is 14.0. The molecule has 2 fully saturated rings. The van der Waals surface area contributed by atoms with Gasteiger partial charge >= 0.3 is 0 Å². The van der Waals surface area contributed by atoms with Gasteiger partial charge in [0.25, 0.3) is 0 Å². The van der Waals surface area contributed by atoms with Crippen LogP contribution in [0.2, 0.25) is 0 Å². The summed E-state index contributed by atoms with van der Waals surface area (Å²) in [5.41, 5.74) is 3.96. The fraction of sp³-hybridized carbons (Fsp3) is 0.739. The van der Waals surface area contributed by atoms with Gasteiger partial charge < -0.3 is 4.90 Å². The predicted molar refractivity (Wildman–Crippen MR) is 103 cm³/mol. The van der Waals surface area contributed by atoms with Crippen molar-refractivity contribution < 1.29 is 4.39 Å². The zero-order valence-corrected chi connectivity index (χ0v) is 16.1. The summed E-state index contributed by atoms with van der Waals surface area (Å²) in [6, 6.07) is 0. The second-order valence-electron chi connectivity index (χ2n) is 9.26. The molecule has 0 bridgehead atoms. The van der Waals surface area contributed by atoms with Crippen LogP contribution in [0.15, 0.2) is 35.1 Å². The van der Waals surface area contributed by atoms with Gasteiger partial charge in [-0.15, -0.1) is 0 Å². The van der Waals surface area contributed by atoms with E-state index in [-0.39, 0.29) is 0 Å². The first-order valence-corrected chi connectivity index (χ1v) is 10.6. The van der Waals surface area contributed by atoms with Crippen molar-refractivity contribution in [1.82, 2.24) is 4.90 Å². The van der Waals surface area contributed by atoms with Crippen LogP contribution in [0.4, 0.5) is 4.39 Å². The van der Waals surface area contributed by atoms with Gasteiger partial charge in [0, 0.05) is 19.3 Å². The Morgan fingerprint density at radius 1 is 1.12 bits per heavy atom. The monoisotopic (exact) mass is 343 g/mol. The molecule has 4 aliphatic rings. The van der Waals surface area contributed by atoms with E-state index in [0.717, 1.165) is 44.7 Å². The predicted octanol–water partition coefficient (Wildman–Crippen LogP) is 6.19. The van der Waals surface area contributed by atoms with Crippen molar-refractivity contribution in [1.29, 1.82) is 0 Å². The Kier molecular flexibility index (Phi) is 4.81. The Morgan fingerprint density at radius 2 is 1.92 bits per heavy atom. The summed E-state index contributed by atoms with van der Waals surface area (Å²) in [6.45, 7) is 6.51. The van der Waals surface area contributed by atoms with Crippen LogP contribution in [0, 0.1) is 17.8 Å². The molecule has 0 aromatic rings. The molecule has 0 aromatic carbocycles. The Balaban J connectivity index is 1.40. The van der Waals surface area contributed by atoms with Crippen LogP contribution in [-0.4, -0.2) is 23.7 Å². The molecular weight excluding hydrogens is 309 g/mol. The molecule has 0 aromatic heterocycles. The van der Waals surface area contributed by atoms with Gasteiger partial charge in [0.1, 0.15) is 5.67 Å². The highest BCUT2D eigenvalue weighted by Gasteiger charge is 2.33. The van der Waals surface area contributed by atoms with E-state index in [1.54, 1.807) is 23.6 Å². The maximum atomic E-state index is 14.0. The number of hydrogen-bond donors (Lipinski definition) is 0. The molecule has 138 valence electrons. The van der Waals surface area contributed by atoms with Crippen molar-refractivity contribution in [2.24, 2.45) is 17.8 Å². The molecule has 2 atom stereocenters. The summed E-state index contributed by atoms with van der Waals surface area (Å²) < 4.78 is 14.0. The minimum absolute atomic E-state index is 0.682. The van der Waals surface area contributed by atoms with Crippen molar-refractivity contribution in [3.05, 3.63) is 35.1 Å². The van der Waals surface area contributed by atoms with Gasteiger partial charge in [0.05, 0.1) is 0 Å². The van der Waals surface area contributed by atoms with E-state index < -0.39 is 5.67 Å². The summed E-state index contributed by atoms with van der Waals surface area (Å²) in [6.07, 6.45) is 17.6. The largest absolute Gasteiger partial charge is 0.377 e. The van der Waals surface area contributed by atoms with Gasteiger partial charge in [0.2, 0.25) is 0 Å². The topological polar surface area (TPSA) is 3.24 Å². The molecule has 0 saturated heterocycles. The van der Waals surface area contributed by atoms with E-state index in [4.69, 9.17) is 0 Å². The van der Waals surface area contributed by atoms with Gasteiger partial charge in [0.15, 0.2) is 0 Å². The summed E-state index contributed by atoms with van der Waals surface area (Å²) in [5.74, 6) is 2.17. The van der Waals surface area contributed by atoms with Crippen molar-refractivity contribution in [3.8, 4) is 0 Å². The van der Waals surface area contributed by atoms with E-state index in [1.165, 1.54) is 32.1 Å². The molecule has 1 aliphatic heterocycles. The molecule has 4 rings (SSSR count). The number of alkyl halides is 1. The molecule has 2 heteroatoms. The number of fused-ring (bicyclic) bond motifs is 1. The molecular formula is C23H34FN. The number of hydrogen-bond acceptors (Lipinski definition) is 1. The maximum Gasteiger partial charge on any atom is 0.108 e. The SMILES string of the molecule is CC1C(C2=CN(CC3CCC(C)(F)CC3)CC2)=CC=C2CCCCC21. The molecule has 25 heavy (non-hydrogen) atoms. The highest BCUT2D eigenvalue weighted by Crippen LogP contribution is 2.44. The van der Waals surface area contributed by atoms with Crippen LogP contribution in [0.5, 0.6) is 0 Å². The lowest BCUT2D eigenvalue weighted by molar-refractivity contribution is 0.0946. The molecule has 3 aliphatic carbocycles. The first-order valence-electron chi connectivity index (χ1n) is 10.6. The van der Waals surface area contributed by atoms with E-state index >= 15 is 0 Å². The van der Waals surface area contributed by atoms with E-state index in [0.29, 0.717) is 11.8 Å². The molecule has 2 saturated carbocycles. The highest BCUT2D eigenvalue weighted by atomic mass is 19.1. The zero-order valence-electron chi connectivity index (χ0n) is 16.1. The Morgan fingerprint density at radius 3 is 2.72 bits per heavy atom. The fourth-order valence-corrected chi connectivity index (χ4v) is 5.58. The second kappa shape index (κ2) is 6.93. The number of rotatable bonds is 3. The fourth-order valence-electron chi connectivity index (χ4n) is 5.58. The summed E-state index contributed by atoms with van der Waals surface area (Å²) in [7, 11) is 0. The number of nitrogens with zero attached hydrogens (tertiary/aromatic N) is 1. The molecule has 0 spiro atoms. The Labute approximate surface area is 153 Å². The first kappa shape index (κ1) is 17.4. The van der Waals surface area contributed by atoms with Gasteiger partial charge in [-0.3, -0.25) is 0 Å². The molecule has 1 heterocycles. The van der Waals surface area contributed by atoms with Crippen LogP contribution < -0.4 is 0 Å².